The molecule has 18 heavy (non-hydrogen) atoms. The number of hydrogen-bond acceptors (Lipinski definition) is 4. The van der Waals surface area contributed by atoms with Crippen LogP contribution in [0.2, 0.25) is 0 Å². The van der Waals surface area contributed by atoms with E-state index in [0.29, 0.717) is 13.2 Å². The highest BCUT2D eigenvalue weighted by Crippen LogP contribution is 2.27. The van der Waals surface area contributed by atoms with Gasteiger partial charge in [0.25, 0.3) is 0 Å². The van der Waals surface area contributed by atoms with Gasteiger partial charge in [-0.15, -0.1) is 11.8 Å². The highest BCUT2D eigenvalue weighted by Gasteiger charge is 2.20. The molecule has 1 rings (SSSR count). The van der Waals surface area contributed by atoms with Crippen LogP contribution in [-0.4, -0.2) is 17.8 Å². The molecule has 0 aliphatic heterocycles. The van der Waals surface area contributed by atoms with E-state index in [1.807, 2.05) is 31.2 Å². The molecule has 0 aliphatic carbocycles. The Labute approximate surface area is 113 Å². The maximum absolute atomic E-state index is 11.8. The van der Waals surface area contributed by atoms with Crippen LogP contribution in [0.15, 0.2) is 29.2 Å². The lowest BCUT2D eigenvalue weighted by Gasteiger charge is -2.14. The molecule has 4 heteroatoms. The van der Waals surface area contributed by atoms with Gasteiger partial charge in [0.05, 0.1) is 6.61 Å². The third kappa shape index (κ3) is 4.70. The molecule has 0 saturated heterocycles. The standard InChI is InChI=1S/C14H21NO2S/c1-3-6-13(14(16)17-4-2)18-12-8-5-7-11(9-12)10-15/h5,7-9,13H,3-4,6,10,15H2,1-2H3. The molecule has 1 aromatic carbocycles. The molecule has 0 heterocycles. The van der Waals surface area contributed by atoms with Crippen molar-refractivity contribution in [1.29, 1.82) is 0 Å². The zero-order chi connectivity index (χ0) is 13.4. The summed E-state index contributed by atoms with van der Waals surface area (Å²) in [6, 6.07) is 8.00. The Morgan fingerprint density at radius 1 is 1.44 bits per heavy atom. The van der Waals surface area contributed by atoms with Crippen LogP contribution in [0, 0.1) is 0 Å². The number of nitrogens with two attached hydrogens (primary N) is 1. The van der Waals surface area contributed by atoms with Gasteiger partial charge in [0.1, 0.15) is 5.25 Å². The monoisotopic (exact) mass is 267 g/mol. The Balaban J connectivity index is 2.72. The van der Waals surface area contributed by atoms with Crippen molar-refractivity contribution in [2.45, 2.75) is 43.4 Å². The van der Waals surface area contributed by atoms with E-state index in [-0.39, 0.29) is 11.2 Å². The minimum absolute atomic E-state index is 0.122. The first-order valence-electron chi connectivity index (χ1n) is 6.33. The Bertz CT molecular complexity index is 382. The fourth-order valence-corrected chi connectivity index (χ4v) is 2.86. The molecule has 0 aliphatic rings. The van der Waals surface area contributed by atoms with Gasteiger partial charge in [0.15, 0.2) is 0 Å². The fourth-order valence-electron chi connectivity index (χ4n) is 1.63. The van der Waals surface area contributed by atoms with Crippen LogP contribution >= 0.6 is 11.8 Å². The van der Waals surface area contributed by atoms with Gasteiger partial charge in [0.2, 0.25) is 0 Å². The second-order valence-electron chi connectivity index (χ2n) is 4.00. The van der Waals surface area contributed by atoms with E-state index in [4.69, 9.17) is 10.5 Å². The number of carbonyl (C=O) groups excluding carboxylic acids is 1. The highest BCUT2D eigenvalue weighted by atomic mass is 32.2. The first kappa shape index (κ1) is 15.1. The minimum Gasteiger partial charge on any atom is -0.465 e. The zero-order valence-electron chi connectivity index (χ0n) is 11.0. The topological polar surface area (TPSA) is 52.3 Å². The van der Waals surface area contributed by atoms with Crippen LogP contribution in [0.3, 0.4) is 0 Å². The summed E-state index contributed by atoms with van der Waals surface area (Å²) in [5, 5.41) is -0.122. The molecule has 0 saturated carbocycles. The molecule has 1 unspecified atom stereocenters. The van der Waals surface area contributed by atoms with E-state index in [0.717, 1.165) is 23.3 Å². The number of thioether (sulfide) groups is 1. The summed E-state index contributed by atoms with van der Waals surface area (Å²) in [7, 11) is 0. The summed E-state index contributed by atoms with van der Waals surface area (Å²) in [6.07, 6.45) is 1.80. The first-order chi connectivity index (χ1) is 8.71. The molecule has 1 aromatic rings. The molecular formula is C14H21NO2S. The molecule has 0 radical (unpaired) electrons. The predicted octanol–water partition coefficient (Wildman–Crippen LogP) is 2.97. The minimum atomic E-state index is -0.123. The summed E-state index contributed by atoms with van der Waals surface area (Å²) < 4.78 is 5.10. The van der Waals surface area contributed by atoms with Crippen LogP contribution in [-0.2, 0) is 16.1 Å². The van der Waals surface area contributed by atoms with E-state index in [9.17, 15) is 4.79 Å². The number of benzene rings is 1. The second kappa shape index (κ2) is 8.16. The summed E-state index contributed by atoms with van der Waals surface area (Å²) >= 11 is 1.56. The van der Waals surface area contributed by atoms with E-state index < -0.39 is 0 Å². The maximum atomic E-state index is 11.8. The summed E-state index contributed by atoms with van der Waals surface area (Å²) in [4.78, 5) is 12.9. The number of esters is 1. The lowest BCUT2D eigenvalue weighted by atomic mass is 10.2. The van der Waals surface area contributed by atoms with Crippen molar-refractivity contribution >= 4 is 17.7 Å². The Hall–Kier alpha value is -1.00. The normalized spacial score (nSPS) is 12.2. The molecule has 0 amide bonds. The van der Waals surface area contributed by atoms with Crippen molar-refractivity contribution in [3.63, 3.8) is 0 Å². The lowest BCUT2D eigenvalue weighted by Crippen LogP contribution is -2.20. The van der Waals surface area contributed by atoms with E-state index >= 15 is 0 Å². The third-order valence-corrected chi connectivity index (χ3v) is 3.75. The Morgan fingerprint density at radius 2 is 2.22 bits per heavy atom. The van der Waals surface area contributed by atoms with Crippen molar-refractivity contribution in [2.75, 3.05) is 6.61 Å². The summed E-state index contributed by atoms with van der Waals surface area (Å²) in [6.45, 7) is 4.86. The van der Waals surface area contributed by atoms with Gasteiger partial charge in [-0.25, -0.2) is 0 Å². The molecule has 0 spiro atoms. The third-order valence-electron chi connectivity index (χ3n) is 2.51. The predicted molar refractivity (Wildman–Crippen MR) is 75.5 cm³/mol. The Morgan fingerprint density at radius 3 is 2.83 bits per heavy atom. The summed E-state index contributed by atoms with van der Waals surface area (Å²) in [5.41, 5.74) is 6.70. The lowest BCUT2D eigenvalue weighted by molar-refractivity contribution is -0.142. The quantitative estimate of drug-likeness (QED) is 0.609. The van der Waals surface area contributed by atoms with E-state index in [1.165, 1.54) is 0 Å². The van der Waals surface area contributed by atoms with Crippen LogP contribution in [0.5, 0.6) is 0 Å². The van der Waals surface area contributed by atoms with Crippen LogP contribution < -0.4 is 5.73 Å². The van der Waals surface area contributed by atoms with Crippen LogP contribution in [0.25, 0.3) is 0 Å². The molecule has 0 fully saturated rings. The number of ether oxygens (including phenoxy) is 1. The molecule has 0 bridgehead atoms. The van der Waals surface area contributed by atoms with Crippen LogP contribution in [0.1, 0.15) is 32.3 Å². The molecule has 2 N–H and O–H groups in total. The van der Waals surface area contributed by atoms with Crippen molar-refractivity contribution in [2.24, 2.45) is 5.73 Å². The van der Waals surface area contributed by atoms with Gasteiger partial charge in [-0.2, -0.15) is 0 Å². The van der Waals surface area contributed by atoms with Crippen molar-refractivity contribution in [1.82, 2.24) is 0 Å². The molecule has 1 atom stereocenters. The number of hydrogen-bond donors (Lipinski definition) is 1. The van der Waals surface area contributed by atoms with Gasteiger partial charge in [0, 0.05) is 11.4 Å². The molecule has 3 nitrogen and oxygen atoms in total. The number of rotatable bonds is 7. The van der Waals surface area contributed by atoms with Gasteiger partial charge in [-0.1, -0.05) is 25.5 Å². The van der Waals surface area contributed by atoms with Gasteiger partial charge in [-0.3, -0.25) is 4.79 Å². The molecule has 100 valence electrons. The zero-order valence-corrected chi connectivity index (χ0v) is 11.8. The van der Waals surface area contributed by atoms with Crippen molar-refractivity contribution < 1.29 is 9.53 Å². The second-order valence-corrected chi connectivity index (χ2v) is 5.27. The molecule has 0 aromatic heterocycles. The largest absolute Gasteiger partial charge is 0.465 e. The van der Waals surface area contributed by atoms with Crippen LogP contribution in [0.4, 0.5) is 0 Å². The smallest absolute Gasteiger partial charge is 0.319 e. The van der Waals surface area contributed by atoms with Gasteiger partial charge >= 0.3 is 5.97 Å². The highest BCUT2D eigenvalue weighted by molar-refractivity contribution is 8.00. The van der Waals surface area contributed by atoms with Crippen molar-refractivity contribution in [3.05, 3.63) is 29.8 Å². The van der Waals surface area contributed by atoms with Crippen molar-refractivity contribution in [3.8, 4) is 0 Å². The number of carbonyl (C=O) groups is 1. The Kier molecular flexibility index (Phi) is 6.83. The van der Waals surface area contributed by atoms with E-state index in [1.54, 1.807) is 11.8 Å². The van der Waals surface area contributed by atoms with E-state index in [2.05, 4.69) is 6.92 Å². The summed E-state index contributed by atoms with van der Waals surface area (Å²) in [5.74, 6) is -0.123. The molecular weight excluding hydrogens is 246 g/mol. The average Bonchev–Trinajstić information content (AvgIpc) is 2.39. The van der Waals surface area contributed by atoms with Gasteiger partial charge in [-0.05, 0) is 31.0 Å². The first-order valence-corrected chi connectivity index (χ1v) is 7.21. The average molecular weight is 267 g/mol. The maximum Gasteiger partial charge on any atom is 0.319 e. The van der Waals surface area contributed by atoms with Gasteiger partial charge < -0.3 is 10.5 Å². The fraction of sp³-hybridized carbons (Fsp3) is 0.500. The SMILES string of the molecule is CCCC(Sc1cccc(CN)c1)C(=O)OCC.